The molecule has 1 aromatic carbocycles. The number of hydrogen-bond acceptors (Lipinski definition) is 3. The van der Waals surface area contributed by atoms with Crippen LogP contribution in [0.3, 0.4) is 0 Å². The van der Waals surface area contributed by atoms with Crippen LogP contribution < -0.4 is 4.72 Å². The molecule has 0 spiro atoms. The molecule has 4 nitrogen and oxygen atoms in total. The van der Waals surface area contributed by atoms with Crippen LogP contribution >= 0.6 is 27.5 Å². The molecule has 1 aromatic rings. The molecule has 0 radical (unpaired) electrons. The maximum atomic E-state index is 11.8. The normalized spacial score (nSPS) is 13.1. The number of alkyl halides is 1. The first-order valence-electron chi connectivity index (χ1n) is 4.83. The molecular weight excluding hydrogens is 330 g/mol. The van der Waals surface area contributed by atoms with Crippen LogP contribution in [-0.4, -0.2) is 19.2 Å². The van der Waals surface area contributed by atoms with E-state index in [9.17, 15) is 13.2 Å². The highest BCUT2D eigenvalue weighted by Crippen LogP contribution is 2.14. The monoisotopic (exact) mass is 339 g/mol. The fraction of sp³-hybridized carbons (Fsp3) is 0.300. The Morgan fingerprint density at radius 3 is 2.41 bits per heavy atom. The van der Waals surface area contributed by atoms with Crippen molar-refractivity contribution in [1.82, 2.24) is 4.72 Å². The molecule has 0 saturated carbocycles. The third-order valence-electron chi connectivity index (χ3n) is 2.00. The Labute approximate surface area is 114 Å². The molecule has 94 valence electrons. The molecule has 1 N–H and O–H groups in total. The van der Waals surface area contributed by atoms with Gasteiger partial charge in [-0.05, 0) is 30.7 Å². The van der Waals surface area contributed by atoms with Crippen LogP contribution in [0, 0.1) is 0 Å². The van der Waals surface area contributed by atoms with Crippen molar-refractivity contribution in [2.24, 2.45) is 0 Å². The minimum atomic E-state index is -3.82. The molecule has 0 aromatic heterocycles. The highest BCUT2D eigenvalue weighted by atomic mass is 79.9. The van der Waals surface area contributed by atoms with E-state index in [-0.39, 0.29) is 4.90 Å². The Morgan fingerprint density at radius 1 is 1.41 bits per heavy atom. The zero-order chi connectivity index (χ0) is 13.1. The number of hydrogen-bond donors (Lipinski definition) is 1. The summed E-state index contributed by atoms with van der Waals surface area (Å²) in [4.78, 5) is 10.9. The van der Waals surface area contributed by atoms with Gasteiger partial charge in [0.15, 0.2) is 0 Å². The fourth-order valence-electron chi connectivity index (χ4n) is 1.05. The van der Waals surface area contributed by atoms with Crippen LogP contribution in [-0.2, 0) is 14.8 Å². The summed E-state index contributed by atoms with van der Waals surface area (Å²) in [5.41, 5.74) is 0. The number of halogens is 2. The number of carbonyl (C=O) groups is 1. The van der Waals surface area contributed by atoms with Gasteiger partial charge in [0.1, 0.15) is 0 Å². The first-order valence-corrected chi connectivity index (χ1v) is 7.61. The summed E-state index contributed by atoms with van der Waals surface area (Å²) >= 11 is 8.73. The van der Waals surface area contributed by atoms with Crippen molar-refractivity contribution in [3.63, 3.8) is 0 Å². The van der Waals surface area contributed by atoms with Crippen molar-refractivity contribution in [2.75, 3.05) is 0 Å². The van der Waals surface area contributed by atoms with E-state index in [4.69, 9.17) is 11.6 Å². The van der Waals surface area contributed by atoms with E-state index in [0.717, 1.165) is 0 Å². The van der Waals surface area contributed by atoms with Gasteiger partial charge in [-0.2, -0.15) is 0 Å². The number of nitrogens with one attached hydrogen (secondary N) is 1. The van der Waals surface area contributed by atoms with Crippen LogP contribution in [0.25, 0.3) is 0 Å². The quantitative estimate of drug-likeness (QED) is 0.856. The SMILES string of the molecule is CC[C@H](Br)C(=O)NS(=O)(=O)c1ccc(Cl)cc1. The Bertz CT molecular complexity index is 501. The first-order chi connectivity index (χ1) is 7.86. The fourth-order valence-corrected chi connectivity index (χ4v) is 2.47. The number of sulfonamides is 1. The second-order valence-electron chi connectivity index (χ2n) is 3.30. The van der Waals surface area contributed by atoms with Crippen LogP contribution in [0.4, 0.5) is 0 Å². The Morgan fingerprint density at radius 2 is 1.94 bits per heavy atom. The van der Waals surface area contributed by atoms with Crippen LogP contribution in [0.5, 0.6) is 0 Å². The third kappa shape index (κ3) is 3.97. The van der Waals surface area contributed by atoms with Crippen LogP contribution in [0.2, 0.25) is 5.02 Å². The molecule has 17 heavy (non-hydrogen) atoms. The van der Waals surface area contributed by atoms with E-state index in [1.54, 1.807) is 6.92 Å². The summed E-state index contributed by atoms with van der Waals surface area (Å²) in [7, 11) is -3.82. The van der Waals surface area contributed by atoms with E-state index in [1.165, 1.54) is 24.3 Å². The standard InChI is InChI=1S/C10H11BrClNO3S/c1-2-9(11)10(14)13-17(15,16)8-5-3-7(12)4-6-8/h3-6,9H,2H2,1H3,(H,13,14)/t9-/m0/s1. The minimum absolute atomic E-state index is 0.00560. The minimum Gasteiger partial charge on any atom is -0.273 e. The molecule has 0 fully saturated rings. The molecule has 0 aliphatic rings. The summed E-state index contributed by atoms with van der Waals surface area (Å²) in [6.07, 6.45) is 0.502. The summed E-state index contributed by atoms with van der Waals surface area (Å²) in [6, 6.07) is 5.58. The van der Waals surface area contributed by atoms with Crippen molar-refractivity contribution in [3.8, 4) is 0 Å². The molecule has 1 atom stereocenters. The van der Waals surface area contributed by atoms with Crippen LogP contribution in [0.15, 0.2) is 29.2 Å². The topological polar surface area (TPSA) is 63.2 Å². The average molecular weight is 341 g/mol. The van der Waals surface area contributed by atoms with Gasteiger partial charge in [0.05, 0.1) is 9.72 Å². The lowest BCUT2D eigenvalue weighted by molar-refractivity contribution is -0.118. The Hall–Kier alpha value is -0.590. The van der Waals surface area contributed by atoms with E-state index >= 15 is 0 Å². The zero-order valence-electron chi connectivity index (χ0n) is 8.98. The lowest BCUT2D eigenvalue weighted by atomic mass is 10.3. The van der Waals surface area contributed by atoms with E-state index in [0.29, 0.717) is 11.4 Å². The van der Waals surface area contributed by atoms with E-state index < -0.39 is 20.8 Å². The second-order valence-corrected chi connectivity index (χ2v) is 6.52. The van der Waals surface area contributed by atoms with Crippen LogP contribution in [0.1, 0.15) is 13.3 Å². The molecular formula is C10H11BrClNO3S. The van der Waals surface area contributed by atoms with Crippen molar-refractivity contribution in [2.45, 2.75) is 23.1 Å². The predicted octanol–water partition coefficient (Wildman–Crippen LogP) is 2.32. The molecule has 1 amide bonds. The Kier molecular flexibility index (Phi) is 4.97. The zero-order valence-corrected chi connectivity index (χ0v) is 12.1. The third-order valence-corrected chi connectivity index (χ3v) is 4.68. The van der Waals surface area contributed by atoms with Gasteiger partial charge < -0.3 is 0 Å². The van der Waals surface area contributed by atoms with Gasteiger partial charge in [-0.15, -0.1) is 0 Å². The van der Waals surface area contributed by atoms with Gasteiger partial charge >= 0.3 is 0 Å². The average Bonchev–Trinajstić information content (AvgIpc) is 2.27. The van der Waals surface area contributed by atoms with Gasteiger partial charge in [0.2, 0.25) is 5.91 Å². The van der Waals surface area contributed by atoms with Gasteiger partial charge in [-0.25, -0.2) is 13.1 Å². The highest BCUT2D eigenvalue weighted by molar-refractivity contribution is 9.10. The molecule has 1 rings (SSSR count). The van der Waals surface area contributed by atoms with E-state index in [2.05, 4.69) is 15.9 Å². The number of carbonyl (C=O) groups excluding carboxylic acids is 1. The van der Waals surface area contributed by atoms with Gasteiger partial charge in [-0.3, -0.25) is 4.79 Å². The van der Waals surface area contributed by atoms with E-state index in [1.807, 2.05) is 4.72 Å². The maximum absolute atomic E-state index is 11.8. The van der Waals surface area contributed by atoms with Crippen molar-refractivity contribution >= 4 is 43.5 Å². The predicted molar refractivity (Wildman–Crippen MR) is 69.8 cm³/mol. The molecule has 0 bridgehead atoms. The molecule has 0 saturated heterocycles. The largest absolute Gasteiger partial charge is 0.273 e. The first kappa shape index (κ1) is 14.5. The van der Waals surface area contributed by atoms with Gasteiger partial charge in [-0.1, -0.05) is 34.5 Å². The summed E-state index contributed by atoms with van der Waals surface area (Å²) in [5, 5.41) is 0.433. The summed E-state index contributed by atoms with van der Waals surface area (Å²) < 4.78 is 25.5. The molecule has 0 unspecified atom stereocenters. The maximum Gasteiger partial charge on any atom is 0.264 e. The lowest BCUT2D eigenvalue weighted by Gasteiger charge is -2.09. The molecule has 0 aliphatic heterocycles. The van der Waals surface area contributed by atoms with Crippen molar-refractivity contribution < 1.29 is 13.2 Å². The van der Waals surface area contributed by atoms with Crippen molar-refractivity contribution in [3.05, 3.63) is 29.3 Å². The highest BCUT2D eigenvalue weighted by Gasteiger charge is 2.21. The summed E-state index contributed by atoms with van der Waals surface area (Å²) in [6.45, 7) is 1.77. The summed E-state index contributed by atoms with van der Waals surface area (Å²) in [5.74, 6) is -0.581. The molecule has 0 heterocycles. The number of rotatable bonds is 4. The smallest absolute Gasteiger partial charge is 0.264 e. The second kappa shape index (κ2) is 5.84. The lowest BCUT2D eigenvalue weighted by Crippen LogP contribution is -2.35. The molecule has 0 aliphatic carbocycles. The van der Waals surface area contributed by atoms with Gasteiger partial charge in [0.25, 0.3) is 10.0 Å². The number of benzene rings is 1. The van der Waals surface area contributed by atoms with Gasteiger partial charge in [0, 0.05) is 5.02 Å². The Balaban J connectivity index is 2.89. The van der Waals surface area contributed by atoms with Crippen molar-refractivity contribution in [1.29, 1.82) is 0 Å². The number of amides is 1. The molecule has 7 heteroatoms.